The molecule has 3 N–H and O–H groups in total. The minimum Gasteiger partial charge on any atom is -0.370 e. The normalized spacial score (nSPS) is 18.7. The molecule has 1 aliphatic heterocycles. The van der Waals surface area contributed by atoms with Gasteiger partial charge in [0.25, 0.3) is 0 Å². The molecule has 0 atom stereocenters. The Hall–Kier alpha value is -1.05. The van der Waals surface area contributed by atoms with Gasteiger partial charge in [0, 0.05) is 25.8 Å². The van der Waals surface area contributed by atoms with E-state index < -0.39 is 0 Å². The predicted molar refractivity (Wildman–Crippen MR) is 102 cm³/mol. The molecule has 2 fully saturated rings. The Labute approximate surface area is 149 Å². The molecule has 0 unspecified atom stereocenters. The van der Waals surface area contributed by atoms with Crippen molar-refractivity contribution in [1.29, 1.82) is 0 Å². The van der Waals surface area contributed by atoms with Crippen LogP contribution in [0.4, 0.5) is 5.82 Å². The van der Waals surface area contributed by atoms with Crippen molar-refractivity contribution >= 4 is 35.8 Å². The van der Waals surface area contributed by atoms with Gasteiger partial charge in [-0.05, 0) is 49.3 Å². The van der Waals surface area contributed by atoms with E-state index in [2.05, 4.69) is 26.3 Å². The topological polar surface area (TPSA) is 66.5 Å². The molecule has 22 heavy (non-hydrogen) atoms. The summed E-state index contributed by atoms with van der Waals surface area (Å²) in [5.41, 5.74) is 7.09. The van der Waals surface area contributed by atoms with Gasteiger partial charge >= 0.3 is 0 Å². The number of nitrogens with zero attached hydrogens (tertiary/aromatic N) is 3. The molecular formula is C16H26IN5. The summed E-state index contributed by atoms with van der Waals surface area (Å²) in [5, 5.41) is 3.23. The molecule has 5 nitrogen and oxygen atoms in total. The minimum atomic E-state index is 0. The number of pyridine rings is 1. The number of hydrogen-bond donors (Lipinski definition) is 2. The molecule has 2 aliphatic rings. The smallest absolute Gasteiger partial charge is 0.188 e. The summed E-state index contributed by atoms with van der Waals surface area (Å²) in [4.78, 5) is 11.2. The number of halogens is 1. The van der Waals surface area contributed by atoms with Crippen molar-refractivity contribution in [2.45, 2.75) is 38.6 Å². The zero-order valence-electron chi connectivity index (χ0n) is 13.0. The van der Waals surface area contributed by atoms with Crippen LogP contribution in [0.2, 0.25) is 0 Å². The first kappa shape index (κ1) is 17.3. The number of nitrogens with two attached hydrogens (primary N) is 1. The van der Waals surface area contributed by atoms with Crippen molar-refractivity contribution < 1.29 is 0 Å². The van der Waals surface area contributed by atoms with Crippen LogP contribution in [0, 0.1) is 5.92 Å². The zero-order valence-corrected chi connectivity index (χ0v) is 15.3. The van der Waals surface area contributed by atoms with Crippen molar-refractivity contribution in [3.63, 3.8) is 0 Å². The molecular weight excluding hydrogens is 389 g/mol. The Bertz CT molecular complexity index is 495. The fraction of sp³-hybridized carbons (Fsp3) is 0.625. The van der Waals surface area contributed by atoms with Gasteiger partial charge in [-0.1, -0.05) is 6.42 Å². The van der Waals surface area contributed by atoms with E-state index in [0.29, 0.717) is 12.5 Å². The average molecular weight is 415 g/mol. The van der Waals surface area contributed by atoms with Gasteiger partial charge < -0.3 is 16.0 Å². The Morgan fingerprint density at radius 3 is 2.77 bits per heavy atom. The summed E-state index contributed by atoms with van der Waals surface area (Å²) in [6.07, 6.45) is 8.41. The molecule has 1 aromatic heterocycles. The van der Waals surface area contributed by atoms with E-state index >= 15 is 0 Å². The Balaban J connectivity index is 0.00000176. The Morgan fingerprint density at radius 2 is 2.09 bits per heavy atom. The van der Waals surface area contributed by atoms with Crippen LogP contribution >= 0.6 is 24.0 Å². The van der Waals surface area contributed by atoms with Gasteiger partial charge in [-0.15, -0.1) is 24.0 Å². The van der Waals surface area contributed by atoms with Crippen molar-refractivity contribution in [3.05, 3.63) is 23.9 Å². The van der Waals surface area contributed by atoms with E-state index in [4.69, 9.17) is 5.73 Å². The third kappa shape index (κ3) is 4.72. The van der Waals surface area contributed by atoms with Gasteiger partial charge in [0.05, 0.1) is 6.54 Å². The number of aromatic nitrogens is 1. The third-order valence-corrected chi connectivity index (χ3v) is 4.47. The third-order valence-electron chi connectivity index (χ3n) is 4.47. The highest BCUT2D eigenvalue weighted by Crippen LogP contribution is 2.25. The molecule has 3 rings (SSSR count). The van der Waals surface area contributed by atoms with Crippen LogP contribution in [0.3, 0.4) is 0 Å². The molecule has 1 saturated carbocycles. The lowest BCUT2D eigenvalue weighted by molar-refractivity contribution is 0.315. The monoisotopic (exact) mass is 415 g/mol. The van der Waals surface area contributed by atoms with Gasteiger partial charge in [0.2, 0.25) is 0 Å². The van der Waals surface area contributed by atoms with Gasteiger partial charge in [0.15, 0.2) is 5.96 Å². The standard InChI is InChI=1S/C16H25N5.HI/c17-16(19-11-13-4-3-5-13)20-12-14-6-7-18-15(10-14)21-8-1-2-9-21;/h6-7,10,13H,1-5,8-9,11-12H2,(H3,17,19,20);1H. The highest BCUT2D eigenvalue weighted by molar-refractivity contribution is 14.0. The zero-order chi connectivity index (χ0) is 14.5. The lowest BCUT2D eigenvalue weighted by atomic mass is 9.85. The van der Waals surface area contributed by atoms with E-state index in [-0.39, 0.29) is 24.0 Å². The van der Waals surface area contributed by atoms with E-state index in [1.54, 1.807) is 0 Å². The second kappa shape index (κ2) is 8.55. The first-order chi connectivity index (χ1) is 10.3. The Morgan fingerprint density at radius 1 is 1.32 bits per heavy atom. The highest BCUT2D eigenvalue weighted by Gasteiger charge is 2.17. The molecule has 1 saturated heterocycles. The van der Waals surface area contributed by atoms with E-state index in [1.165, 1.54) is 37.7 Å². The van der Waals surface area contributed by atoms with Gasteiger partial charge in [-0.2, -0.15) is 0 Å². The number of hydrogen-bond acceptors (Lipinski definition) is 3. The van der Waals surface area contributed by atoms with Crippen molar-refractivity contribution in [2.24, 2.45) is 16.6 Å². The van der Waals surface area contributed by atoms with Crippen LogP contribution in [0.15, 0.2) is 23.3 Å². The summed E-state index contributed by atoms with van der Waals surface area (Å²) < 4.78 is 0. The maximum Gasteiger partial charge on any atom is 0.188 e. The summed E-state index contributed by atoms with van der Waals surface area (Å²) in [7, 11) is 0. The molecule has 0 aromatic carbocycles. The average Bonchev–Trinajstić information content (AvgIpc) is 2.98. The molecule has 2 heterocycles. The lowest BCUT2D eigenvalue weighted by Gasteiger charge is -2.25. The number of guanidine groups is 1. The maximum atomic E-state index is 5.92. The van der Waals surface area contributed by atoms with Crippen LogP contribution in [0.1, 0.15) is 37.7 Å². The number of anilines is 1. The Kier molecular flexibility index (Phi) is 6.72. The van der Waals surface area contributed by atoms with E-state index in [9.17, 15) is 0 Å². The van der Waals surface area contributed by atoms with Gasteiger partial charge in [-0.3, -0.25) is 0 Å². The van der Waals surface area contributed by atoms with Gasteiger partial charge in [0.1, 0.15) is 5.82 Å². The molecule has 1 aliphatic carbocycles. The molecule has 0 bridgehead atoms. The maximum absolute atomic E-state index is 5.92. The van der Waals surface area contributed by atoms with E-state index in [0.717, 1.165) is 31.4 Å². The minimum absolute atomic E-state index is 0. The van der Waals surface area contributed by atoms with E-state index in [1.807, 2.05) is 12.3 Å². The number of nitrogens with one attached hydrogen (secondary N) is 1. The largest absolute Gasteiger partial charge is 0.370 e. The van der Waals surface area contributed by atoms with Crippen LogP contribution in [-0.2, 0) is 6.54 Å². The lowest BCUT2D eigenvalue weighted by Crippen LogP contribution is -2.37. The SMILES string of the molecule is I.NC(=NCc1ccnc(N2CCCC2)c1)NCC1CCC1. The van der Waals surface area contributed by atoms with Crippen LogP contribution in [0.25, 0.3) is 0 Å². The molecule has 0 radical (unpaired) electrons. The summed E-state index contributed by atoms with van der Waals surface area (Å²) in [6.45, 7) is 3.81. The summed E-state index contributed by atoms with van der Waals surface area (Å²) >= 11 is 0. The van der Waals surface area contributed by atoms with Crippen molar-refractivity contribution in [3.8, 4) is 0 Å². The fourth-order valence-corrected chi connectivity index (χ4v) is 2.86. The van der Waals surface area contributed by atoms with Crippen molar-refractivity contribution in [1.82, 2.24) is 10.3 Å². The molecule has 122 valence electrons. The second-order valence-electron chi connectivity index (χ2n) is 6.10. The molecule has 1 aromatic rings. The highest BCUT2D eigenvalue weighted by atomic mass is 127. The second-order valence-corrected chi connectivity index (χ2v) is 6.10. The fourth-order valence-electron chi connectivity index (χ4n) is 2.86. The first-order valence-corrected chi connectivity index (χ1v) is 8.05. The number of aliphatic imine (C=N–C) groups is 1. The summed E-state index contributed by atoms with van der Waals surface area (Å²) in [6, 6.07) is 4.15. The number of rotatable bonds is 5. The van der Waals surface area contributed by atoms with Crippen molar-refractivity contribution in [2.75, 3.05) is 24.5 Å². The molecule has 6 heteroatoms. The first-order valence-electron chi connectivity index (χ1n) is 8.05. The summed E-state index contributed by atoms with van der Waals surface area (Å²) in [5.74, 6) is 2.42. The molecule has 0 spiro atoms. The van der Waals surface area contributed by atoms with Gasteiger partial charge in [-0.25, -0.2) is 9.98 Å². The van der Waals surface area contributed by atoms with Crippen LogP contribution in [0.5, 0.6) is 0 Å². The predicted octanol–water partition coefficient (Wildman–Crippen LogP) is 2.50. The quantitative estimate of drug-likeness (QED) is 0.441. The van der Waals surface area contributed by atoms with Crippen LogP contribution < -0.4 is 16.0 Å². The molecule has 0 amide bonds. The van der Waals surface area contributed by atoms with Crippen LogP contribution in [-0.4, -0.2) is 30.6 Å².